The molecule has 31 heavy (non-hydrogen) atoms. The van der Waals surface area contributed by atoms with Gasteiger partial charge in [0, 0.05) is 18.8 Å². The summed E-state index contributed by atoms with van der Waals surface area (Å²) in [6, 6.07) is 9.43. The van der Waals surface area contributed by atoms with E-state index in [0.29, 0.717) is 32.6 Å². The molecule has 1 unspecified atom stereocenters. The van der Waals surface area contributed by atoms with Crippen LogP contribution < -0.4 is 15.5 Å². The molecule has 1 aromatic rings. The quantitative estimate of drug-likeness (QED) is 0.758. The van der Waals surface area contributed by atoms with E-state index in [4.69, 9.17) is 9.47 Å². The predicted octanol–water partition coefficient (Wildman–Crippen LogP) is 2.46. The summed E-state index contributed by atoms with van der Waals surface area (Å²) in [6.07, 6.45) is 0.0462. The fourth-order valence-electron chi connectivity index (χ4n) is 3.93. The first-order valence-corrected chi connectivity index (χ1v) is 10.6. The van der Waals surface area contributed by atoms with Gasteiger partial charge in [-0.2, -0.15) is 0 Å². The van der Waals surface area contributed by atoms with Crippen LogP contribution in [0.2, 0.25) is 0 Å². The highest BCUT2D eigenvalue weighted by Gasteiger charge is 2.51. The first kappa shape index (κ1) is 22.7. The van der Waals surface area contributed by atoms with E-state index in [1.54, 1.807) is 32.6 Å². The second-order valence-corrected chi connectivity index (χ2v) is 9.07. The summed E-state index contributed by atoms with van der Waals surface area (Å²) in [5, 5.41) is 5.59. The van der Waals surface area contributed by atoms with Crippen LogP contribution >= 0.6 is 0 Å². The van der Waals surface area contributed by atoms with Gasteiger partial charge in [-0.05, 0) is 52.7 Å². The maximum atomic E-state index is 12.7. The highest BCUT2D eigenvalue weighted by Crippen LogP contribution is 2.36. The highest BCUT2D eigenvalue weighted by molar-refractivity contribution is 5.93. The molecule has 0 aromatic heterocycles. The van der Waals surface area contributed by atoms with E-state index in [1.807, 2.05) is 30.3 Å². The van der Waals surface area contributed by atoms with Gasteiger partial charge < -0.3 is 29.9 Å². The van der Waals surface area contributed by atoms with Crippen LogP contribution in [0.4, 0.5) is 15.3 Å². The molecule has 9 heteroatoms. The van der Waals surface area contributed by atoms with Crippen molar-refractivity contribution in [2.45, 2.75) is 57.7 Å². The van der Waals surface area contributed by atoms with Crippen LogP contribution in [0.3, 0.4) is 0 Å². The zero-order valence-corrected chi connectivity index (χ0v) is 18.6. The molecule has 2 aliphatic heterocycles. The topological polar surface area (TPSA) is 100 Å². The molecule has 1 aromatic carbocycles. The van der Waals surface area contributed by atoms with E-state index in [-0.39, 0.29) is 18.6 Å². The molecular formula is C22H32N4O5. The van der Waals surface area contributed by atoms with Gasteiger partial charge >= 0.3 is 12.2 Å². The number of piperidine rings is 1. The standard InChI is InChI=1S/C22H32N4O5/c1-16(24-19(28)31-21(2,3)4)14-30-20(29)25-12-10-22(11-13-25)18(27)23-15-26(22)17-8-6-5-7-9-17/h5-9,16H,10-15H2,1-4H3,(H,23,27)(H,24,28). The smallest absolute Gasteiger partial charge is 0.409 e. The van der Waals surface area contributed by atoms with E-state index in [1.165, 1.54) is 0 Å². The Bertz CT molecular complexity index is 800. The molecule has 9 nitrogen and oxygen atoms in total. The van der Waals surface area contributed by atoms with Gasteiger partial charge in [-0.15, -0.1) is 0 Å². The summed E-state index contributed by atoms with van der Waals surface area (Å²) < 4.78 is 10.6. The number of para-hydroxylation sites is 1. The maximum Gasteiger partial charge on any atom is 0.409 e. The summed E-state index contributed by atoms with van der Waals surface area (Å²) in [6.45, 7) is 8.42. The minimum atomic E-state index is -0.649. The lowest BCUT2D eigenvalue weighted by Crippen LogP contribution is -2.57. The third kappa shape index (κ3) is 5.39. The van der Waals surface area contributed by atoms with E-state index in [9.17, 15) is 14.4 Å². The summed E-state index contributed by atoms with van der Waals surface area (Å²) in [5.74, 6) is -0.000414. The lowest BCUT2D eigenvalue weighted by atomic mass is 9.86. The SMILES string of the molecule is CC(COC(=O)N1CCC2(CC1)C(=O)NCN2c1ccccc1)NC(=O)OC(C)(C)C. The van der Waals surface area contributed by atoms with Gasteiger partial charge in [-0.3, -0.25) is 4.79 Å². The van der Waals surface area contributed by atoms with Gasteiger partial charge in [0.1, 0.15) is 17.7 Å². The van der Waals surface area contributed by atoms with Crippen molar-refractivity contribution >= 4 is 23.8 Å². The molecule has 0 aliphatic carbocycles. The third-order valence-electron chi connectivity index (χ3n) is 5.47. The number of carbonyl (C=O) groups is 3. The average molecular weight is 433 g/mol. The van der Waals surface area contributed by atoms with Crippen LogP contribution in [0.5, 0.6) is 0 Å². The van der Waals surface area contributed by atoms with Crippen molar-refractivity contribution in [1.82, 2.24) is 15.5 Å². The second kappa shape index (κ2) is 9.03. The zero-order chi connectivity index (χ0) is 22.6. The highest BCUT2D eigenvalue weighted by atomic mass is 16.6. The predicted molar refractivity (Wildman–Crippen MR) is 116 cm³/mol. The second-order valence-electron chi connectivity index (χ2n) is 9.07. The maximum absolute atomic E-state index is 12.7. The van der Waals surface area contributed by atoms with Gasteiger partial charge in [0.2, 0.25) is 5.91 Å². The lowest BCUT2D eigenvalue weighted by Gasteiger charge is -2.43. The minimum absolute atomic E-state index is 0.000414. The summed E-state index contributed by atoms with van der Waals surface area (Å²) in [7, 11) is 0. The van der Waals surface area contributed by atoms with Crippen molar-refractivity contribution in [3.8, 4) is 0 Å². The van der Waals surface area contributed by atoms with Crippen molar-refractivity contribution < 1.29 is 23.9 Å². The number of nitrogens with one attached hydrogen (secondary N) is 2. The zero-order valence-electron chi connectivity index (χ0n) is 18.6. The number of likely N-dealkylation sites (tertiary alicyclic amines) is 1. The Kier molecular flexibility index (Phi) is 6.62. The fourth-order valence-corrected chi connectivity index (χ4v) is 3.93. The number of hydrogen-bond acceptors (Lipinski definition) is 6. The lowest BCUT2D eigenvalue weighted by molar-refractivity contribution is -0.125. The first-order valence-electron chi connectivity index (χ1n) is 10.6. The number of amides is 3. The van der Waals surface area contributed by atoms with Crippen LogP contribution in [0.1, 0.15) is 40.5 Å². The summed E-state index contributed by atoms with van der Waals surface area (Å²) in [5.41, 5.74) is -0.257. The number of hydrogen-bond donors (Lipinski definition) is 2. The van der Waals surface area contributed by atoms with Crippen LogP contribution in [0.25, 0.3) is 0 Å². The average Bonchev–Trinajstić information content (AvgIpc) is 3.01. The van der Waals surface area contributed by atoms with Crippen molar-refractivity contribution in [2.24, 2.45) is 0 Å². The molecule has 1 atom stereocenters. The van der Waals surface area contributed by atoms with E-state index in [2.05, 4.69) is 15.5 Å². The van der Waals surface area contributed by atoms with Gasteiger partial charge in [-0.1, -0.05) is 18.2 Å². The summed E-state index contributed by atoms with van der Waals surface area (Å²) >= 11 is 0. The molecule has 0 saturated carbocycles. The Morgan fingerprint density at radius 1 is 1.19 bits per heavy atom. The van der Waals surface area contributed by atoms with Gasteiger partial charge in [0.05, 0.1) is 12.7 Å². The first-order chi connectivity index (χ1) is 14.6. The molecule has 2 aliphatic rings. The molecule has 0 bridgehead atoms. The normalized spacial score (nSPS) is 19.0. The minimum Gasteiger partial charge on any atom is -0.447 e. The molecule has 2 fully saturated rings. The van der Waals surface area contributed by atoms with Crippen LogP contribution in [-0.4, -0.2) is 66.5 Å². The summed E-state index contributed by atoms with van der Waals surface area (Å²) in [4.78, 5) is 40.7. The van der Waals surface area contributed by atoms with Crippen LogP contribution in [0.15, 0.2) is 30.3 Å². The number of anilines is 1. The van der Waals surface area contributed by atoms with Crippen LogP contribution in [-0.2, 0) is 14.3 Å². The Labute approximate surface area is 183 Å². The van der Waals surface area contributed by atoms with Gasteiger partial charge in [0.15, 0.2) is 0 Å². The molecule has 3 rings (SSSR count). The molecule has 3 amide bonds. The fraction of sp³-hybridized carbons (Fsp3) is 0.591. The largest absolute Gasteiger partial charge is 0.447 e. The Hall–Kier alpha value is -2.97. The van der Waals surface area contributed by atoms with Crippen molar-refractivity contribution in [1.29, 1.82) is 0 Å². The molecule has 2 saturated heterocycles. The number of alkyl carbamates (subject to hydrolysis) is 1. The number of rotatable bonds is 4. The van der Waals surface area contributed by atoms with Crippen LogP contribution in [0, 0.1) is 0 Å². The van der Waals surface area contributed by atoms with Crippen molar-refractivity contribution in [3.05, 3.63) is 30.3 Å². The molecule has 2 N–H and O–H groups in total. The van der Waals surface area contributed by atoms with Gasteiger partial charge in [-0.25, -0.2) is 9.59 Å². The Balaban J connectivity index is 1.50. The monoisotopic (exact) mass is 432 g/mol. The molecule has 170 valence electrons. The Morgan fingerprint density at radius 3 is 2.45 bits per heavy atom. The van der Waals surface area contributed by atoms with Gasteiger partial charge in [0.25, 0.3) is 0 Å². The third-order valence-corrected chi connectivity index (χ3v) is 5.47. The molecular weight excluding hydrogens is 400 g/mol. The molecule has 1 spiro atoms. The van der Waals surface area contributed by atoms with E-state index in [0.717, 1.165) is 5.69 Å². The number of benzene rings is 1. The van der Waals surface area contributed by atoms with Crippen molar-refractivity contribution in [2.75, 3.05) is 31.3 Å². The molecule has 2 heterocycles. The Morgan fingerprint density at radius 2 is 1.84 bits per heavy atom. The number of ether oxygens (including phenoxy) is 2. The number of nitrogens with zero attached hydrogens (tertiary/aromatic N) is 2. The molecule has 0 radical (unpaired) electrons. The number of carbonyl (C=O) groups excluding carboxylic acids is 3. The van der Waals surface area contributed by atoms with E-state index >= 15 is 0 Å². The van der Waals surface area contributed by atoms with Crippen molar-refractivity contribution in [3.63, 3.8) is 0 Å². The van der Waals surface area contributed by atoms with E-state index < -0.39 is 23.3 Å².